The van der Waals surface area contributed by atoms with E-state index in [-0.39, 0.29) is 5.38 Å². The maximum atomic E-state index is 6.28. The van der Waals surface area contributed by atoms with Crippen LogP contribution >= 0.6 is 27.5 Å². The first-order chi connectivity index (χ1) is 8.11. The minimum atomic E-state index is 0.155. The van der Waals surface area contributed by atoms with Crippen LogP contribution in [0.2, 0.25) is 0 Å². The highest BCUT2D eigenvalue weighted by atomic mass is 79.9. The number of piperidine rings is 1. The van der Waals surface area contributed by atoms with E-state index in [1.807, 2.05) is 0 Å². The van der Waals surface area contributed by atoms with Gasteiger partial charge in [-0.15, -0.1) is 11.6 Å². The fraction of sp³-hybridized carbons (Fsp3) is 0.636. The maximum Gasteiger partial charge on any atom is 0.232 e. The van der Waals surface area contributed by atoms with Gasteiger partial charge in [0.2, 0.25) is 11.8 Å². The molecule has 6 heteroatoms. The quantitative estimate of drug-likeness (QED) is 0.785. The zero-order valence-corrected chi connectivity index (χ0v) is 12.2. The van der Waals surface area contributed by atoms with Crippen molar-refractivity contribution in [1.29, 1.82) is 0 Å². The molecule has 1 saturated heterocycles. The fourth-order valence-corrected chi connectivity index (χ4v) is 2.49. The number of nitrogens with zero attached hydrogens (tertiary/aromatic N) is 3. The minimum absolute atomic E-state index is 0.155. The molecule has 0 radical (unpaired) electrons. The molecule has 4 nitrogen and oxygen atoms in total. The summed E-state index contributed by atoms with van der Waals surface area (Å²) in [5, 5.41) is 0.155. The first kappa shape index (κ1) is 12.9. The number of hydrogen-bond donors (Lipinski definition) is 0. The molecule has 1 aliphatic heterocycles. The Morgan fingerprint density at radius 2 is 2.35 bits per heavy atom. The van der Waals surface area contributed by atoms with E-state index in [1.54, 1.807) is 13.3 Å². The first-order valence-corrected chi connectivity index (χ1v) is 6.80. The van der Waals surface area contributed by atoms with E-state index < -0.39 is 0 Å². The number of halogens is 2. The van der Waals surface area contributed by atoms with Crippen molar-refractivity contribution >= 4 is 33.5 Å². The molecule has 2 atom stereocenters. The van der Waals surface area contributed by atoms with Gasteiger partial charge in [-0.25, -0.2) is 4.98 Å². The molecule has 0 N–H and O–H groups in total. The van der Waals surface area contributed by atoms with Crippen LogP contribution in [0.3, 0.4) is 0 Å². The lowest BCUT2D eigenvalue weighted by atomic mass is 9.99. The van der Waals surface area contributed by atoms with Crippen LogP contribution in [0.4, 0.5) is 5.95 Å². The van der Waals surface area contributed by atoms with Crippen molar-refractivity contribution in [3.8, 4) is 5.88 Å². The molecule has 1 aromatic rings. The van der Waals surface area contributed by atoms with Gasteiger partial charge in [0.15, 0.2) is 0 Å². The molecule has 0 bridgehead atoms. The smallest absolute Gasteiger partial charge is 0.232 e. The standard InChI is InChI=1S/C11H15BrClN3O/c1-7-3-4-16(6-9(7)13)11-14-5-8(12)10(15-11)17-2/h5,7,9H,3-4,6H2,1-2H3. The molecule has 0 spiro atoms. The first-order valence-electron chi connectivity index (χ1n) is 5.57. The van der Waals surface area contributed by atoms with Crippen molar-refractivity contribution in [3.05, 3.63) is 10.7 Å². The summed E-state index contributed by atoms with van der Waals surface area (Å²) in [4.78, 5) is 10.8. The Bertz CT molecular complexity index is 404. The molecule has 1 aliphatic rings. The largest absolute Gasteiger partial charge is 0.480 e. The molecular weight excluding hydrogens is 305 g/mol. The average Bonchev–Trinajstić information content (AvgIpc) is 2.33. The van der Waals surface area contributed by atoms with E-state index in [4.69, 9.17) is 16.3 Å². The summed E-state index contributed by atoms with van der Waals surface area (Å²) in [5.74, 6) is 1.78. The molecule has 0 saturated carbocycles. The second-order valence-electron chi connectivity index (χ2n) is 4.26. The molecule has 1 fully saturated rings. The summed E-state index contributed by atoms with van der Waals surface area (Å²) in [6, 6.07) is 0. The predicted molar refractivity (Wildman–Crippen MR) is 71.9 cm³/mol. The van der Waals surface area contributed by atoms with Crippen molar-refractivity contribution in [2.24, 2.45) is 5.92 Å². The van der Waals surface area contributed by atoms with Crippen molar-refractivity contribution in [2.75, 3.05) is 25.1 Å². The summed E-state index contributed by atoms with van der Waals surface area (Å²) in [7, 11) is 1.60. The lowest BCUT2D eigenvalue weighted by Gasteiger charge is -2.33. The third kappa shape index (κ3) is 2.83. The van der Waals surface area contributed by atoms with Gasteiger partial charge in [0.25, 0.3) is 0 Å². The highest BCUT2D eigenvalue weighted by Gasteiger charge is 2.26. The Morgan fingerprint density at radius 1 is 1.59 bits per heavy atom. The molecule has 2 rings (SSSR count). The summed E-state index contributed by atoms with van der Waals surface area (Å²) < 4.78 is 5.93. The molecule has 0 aliphatic carbocycles. The van der Waals surface area contributed by atoms with E-state index >= 15 is 0 Å². The second-order valence-corrected chi connectivity index (χ2v) is 5.67. The summed E-state index contributed by atoms with van der Waals surface area (Å²) in [6.07, 6.45) is 2.78. The zero-order valence-electron chi connectivity index (χ0n) is 9.86. The molecule has 1 aromatic heterocycles. The van der Waals surface area contributed by atoms with Gasteiger partial charge in [-0.1, -0.05) is 6.92 Å². The second kappa shape index (κ2) is 5.40. The van der Waals surface area contributed by atoms with Crippen LogP contribution in [-0.2, 0) is 0 Å². The SMILES string of the molecule is COc1nc(N2CCC(C)C(Cl)C2)ncc1Br. The minimum Gasteiger partial charge on any atom is -0.480 e. The maximum absolute atomic E-state index is 6.28. The van der Waals surface area contributed by atoms with E-state index in [1.165, 1.54) is 0 Å². The summed E-state index contributed by atoms with van der Waals surface area (Å²) in [5.41, 5.74) is 0. The predicted octanol–water partition coefficient (Wildman–Crippen LogP) is 2.70. The van der Waals surface area contributed by atoms with Crippen LogP contribution in [0, 0.1) is 5.92 Å². The summed E-state index contributed by atoms with van der Waals surface area (Å²) >= 11 is 9.62. The number of aromatic nitrogens is 2. The number of anilines is 1. The molecule has 0 aromatic carbocycles. The van der Waals surface area contributed by atoms with Gasteiger partial charge in [-0.2, -0.15) is 4.98 Å². The number of methoxy groups -OCH3 is 1. The molecule has 0 amide bonds. The van der Waals surface area contributed by atoms with Crippen molar-refractivity contribution < 1.29 is 4.74 Å². The molecular formula is C11H15BrClN3O. The topological polar surface area (TPSA) is 38.2 Å². The van der Waals surface area contributed by atoms with Gasteiger partial charge < -0.3 is 9.64 Å². The summed E-state index contributed by atoms with van der Waals surface area (Å²) in [6.45, 7) is 3.90. The van der Waals surface area contributed by atoms with Crippen LogP contribution < -0.4 is 9.64 Å². The molecule has 2 unspecified atom stereocenters. The Morgan fingerprint density at radius 3 is 3.00 bits per heavy atom. The van der Waals surface area contributed by atoms with Crippen LogP contribution in [0.5, 0.6) is 5.88 Å². The lowest BCUT2D eigenvalue weighted by molar-refractivity contribution is 0.391. The Hall–Kier alpha value is -0.550. The van der Waals surface area contributed by atoms with Gasteiger partial charge in [0.1, 0.15) is 0 Å². The molecule has 2 heterocycles. The fourth-order valence-electron chi connectivity index (χ4n) is 1.84. The van der Waals surface area contributed by atoms with E-state index in [2.05, 4.69) is 37.7 Å². The molecule has 17 heavy (non-hydrogen) atoms. The van der Waals surface area contributed by atoms with E-state index in [0.29, 0.717) is 17.7 Å². The van der Waals surface area contributed by atoms with Crippen molar-refractivity contribution in [2.45, 2.75) is 18.7 Å². The molecule has 94 valence electrons. The average molecular weight is 321 g/mol. The third-order valence-electron chi connectivity index (χ3n) is 3.04. The van der Waals surface area contributed by atoms with Gasteiger partial charge in [0, 0.05) is 13.1 Å². The number of alkyl halides is 1. The highest BCUT2D eigenvalue weighted by Crippen LogP contribution is 2.27. The van der Waals surface area contributed by atoms with Crippen LogP contribution in [0.25, 0.3) is 0 Å². The van der Waals surface area contributed by atoms with Gasteiger partial charge >= 0.3 is 0 Å². The lowest BCUT2D eigenvalue weighted by Crippen LogP contribution is -2.41. The highest BCUT2D eigenvalue weighted by molar-refractivity contribution is 9.10. The van der Waals surface area contributed by atoms with Crippen molar-refractivity contribution in [1.82, 2.24) is 9.97 Å². The normalized spacial score (nSPS) is 24.8. The van der Waals surface area contributed by atoms with Crippen LogP contribution in [0.1, 0.15) is 13.3 Å². The Labute approximate surface area is 114 Å². The van der Waals surface area contributed by atoms with Gasteiger partial charge in [-0.05, 0) is 28.3 Å². The van der Waals surface area contributed by atoms with Crippen LogP contribution in [-0.4, -0.2) is 35.5 Å². The third-order valence-corrected chi connectivity index (χ3v) is 4.15. The van der Waals surface area contributed by atoms with Crippen LogP contribution in [0.15, 0.2) is 10.7 Å². The van der Waals surface area contributed by atoms with E-state index in [0.717, 1.165) is 24.0 Å². The zero-order chi connectivity index (χ0) is 12.4. The number of ether oxygens (including phenoxy) is 1. The van der Waals surface area contributed by atoms with Gasteiger partial charge in [-0.3, -0.25) is 0 Å². The number of hydrogen-bond acceptors (Lipinski definition) is 4. The van der Waals surface area contributed by atoms with Crippen molar-refractivity contribution in [3.63, 3.8) is 0 Å². The number of rotatable bonds is 2. The van der Waals surface area contributed by atoms with E-state index in [9.17, 15) is 0 Å². The monoisotopic (exact) mass is 319 g/mol. The van der Waals surface area contributed by atoms with Gasteiger partial charge in [0.05, 0.1) is 23.2 Å². The Kier molecular flexibility index (Phi) is 4.09. The Balaban J connectivity index is 2.17.